The highest BCUT2D eigenvalue weighted by Crippen LogP contribution is 2.25. The SMILES string of the molecule is CSc1ccc(C(O)CN(C)Cc2cccc(Oc3cccc(CN4CCCCC4)c3)c2)cc1. The van der Waals surface area contributed by atoms with E-state index in [0.717, 1.165) is 35.7 Å². The zero-order chi connectivity index (χ0) is 23.8. The van der Waals surface area contributed by atoms with Crippen molar-refractivity contribution in [2.24, 2.45) is 0 Å². The van der Waals surface area contributed by atoms with E-state index in [0.29, 0.717) is 6.54 Å². The normalized spacial score (nSPS) is 15.4. The number of rotatable bonds is 10. The van der Waals surface area contributed by atoms with E-state index in [1.54, 1.807) is 11.8 Å². The number of hydrogen-bond donors (Lipinski definition) is 1. The summed E-state index contributed by atoms with van der Waals surface area (Å²) in [6.07, 6.45) is 5.51. The largest absolute Gasteiger partial charge is 0.457 e. The van der Waals surface area contributed by atoms with Crippen LogP contribution in [0.25, 0.3) is 0 Å². The van der Waals surface area contributed by atoms with Crippen LogP contribution >= 0.6 is 11.8 Å². The summed E-state index contributed by atoms with van der Waals surface area (Å²) in [5.41, 5.74) is 3.41. The minimum atomic E-state index is -0.511. The Bertz CT molecular complexity index is 1030. The van der Waals surface area contributed by atoms with Gasteiger partial charge in [-0.15, -0.1) is 11.8 Å². The number of ether oxygens (including phenoxy) is 1. The number of likely N-dealkylation sites (tertiary alicyclic amines) is 1. The van der Waals surface area contributed by atoms with E-state index >= 15 is 0 Å². The minimum Gasteiger partial charge on any atom is -0.457 e. The second-order valence-electron chi connectivity index (χ2n) is 9.22. The lowest BCUT2D eigenvalue weighted by atomic mass is 10.1. The van der Waals surface area contributed by atoms with Crippen LogP contribution in [0, 0.1) is 0 Å². The van der Waals surface area contributed by atoms with E-state index in [1.165, 1.54) is 42.8 Å². The van der Waals surface area contributed by atoms with Crippen molar-refractivity contribution in [1.82, 2.24) is 9.80 Å². The second kappa shape index (κ2) is 12.4. The molecule has 0 aromatic heterocycles. The zero-order valence-electron chi connectivity index (χ0n) is 20.3. The molecular weight excluding hydrogens is 440 g/mol. The summed E-state index contributed by atoms with van der Waals surface area (Å²) in [5, 5.41) is 10.6. The van der Waals surface area contributed by atoms with Crippen molar-refractivity contribution in [2.45, 2.75) is 43.4 Å². The highest BCUT2D eigenvalue weighted by Gasteiger charge is 2.13. The topological polar surface area (TPSA) is 35.9 Å². The van der Waals surface area contributed by atoms with Crippen LogP contribution in [0.15, 0.2) is 77.7 Å². The van der Waals surface area contributed by atoms with Gasteiger partial charge < -0.3 is 9.84 Å². The zero-order valence-corrected chi connectivity index (χ0v) is 21.1. The Kier molecular flexibility index (Phi) is 9.05. The number of aliphatic hydroxyl groups excluding tert-OH is 1. The van der Waals surface area contributed by atoms with Gasteiger partial charge in [0.05, 0.1) is 6.10 Å². The summed E-state index contributed by atoms with van der Waals surface area (Å²) in [6, 6.07) is 24.8. The maximum Gasteiger partial charge on any atom is 0.127 e. The highest BCUT2D eigenvalue weighted by atomic mass is 32.2. The van der Waals surface area contributed by atoms with Gasteiger partial charge in [0.1, 0.15) is 11.5 Å². The van der Waals surface area contributed by atoms with Crippen LogP contribution in [0.2, 0.25) is 0 Å². The lowest BCUT2D eigenvalue weighted by molar-refractivity contribution is 0.124. The van der Waals surface area contributed by atoms with Crippen LogP contribution in [0.5, 0.6) is 11.5 Å². The molecule has 1 aliphatic heterocycles. The fourth-order valence-electron chi connectivity index (χ4n) is 4.53. The van der Waals surface area contributed by atoms with Crippen molar-refractivity contribution < 1.29 is 9.84 Å². The van der Waals surface area contributed by atoms with Crippen molar-refractivity contribution in [3.05, 3.63) is 89.5 Å². The molecule has 1 aliphatic rings. The Balaban J connectivity index is 1.33. The van der Waals surface area contributed by atoms with Gasteiger partial charge in [0.25, 0.3) is 0 Å². The summed E-state index contributed by atoms with van der Waals surface area (Å²) in [6.45, 7) is 4.69. The lowest BCUT2D eigenvalue weighted by Gasteiger charge is -2.26. The third-order valence-corrected chi connectivity index (χ3v) is 7.07. The van der Waals surface area contributed by atoms with E-state index in [9.17, 15) is 5.11 Å². The number of piperidine rings is 1. The molecule has 4 rings (SSSR count). The predicted molar refractivity (Wildman–Crippen MR) is 142 cm³/mol. The molecule has 3 aromatic rings. The van der Waals surface area contributed by atoms with Crippen molar-refractivity contribution >= 4 is 11.8 Å². The molecular formula is C29H36N2O2S. The standard InChI is InChI=1S/C29H36N2O2S/c1-30(22-29(32)25-12-14-28(34-2)15-13-25)20-23-8-6-10-26(18-23)33-27-11-7-9-24(19-27)21-31-16-4-3-5-17-31/h6-15,18-19,29,32H,3-5,16-17,20-22H2,1-2H3. The monoisotopic (exact) mass is 476 g/mol. The molecule has 0 aliphatic carbocycles. The molecule has 1 unspecified atom stereocenters. The average molecular weight is 477 g/mol. The summed E-state index contributed by atoms with van der Waals surface area (Å²) in [7, 11) is 2.04. The molecule has 180 valence electrons. The van der Waals surface area contributed by atoms with Gasteiger partial charge in [-0.2, -0.15) is 0 Å². The Morgan fingerprint density at radius 1 is 0.912 bits per heavy atom. The molecule has 1 saturated heterocycles. The predicted octanol–water partition coefficient (Wildman–Crippen LogP) is 6.35. The first-order valence-electron chi connectivity index (χ1n) is 12.2. The van der Waals surface area contributed by atoms with E-state index < -0.39 is 6.10 Å². The quantitative estimate of drug-likeness (QED) is 0.345. The smallest absolute Gasteiger partial charge is 0.127 e. The number of thioether (sulfide) groups is 1. The Morgan fingerprint density at radius 3 is 2.24 bits per heavy atom. The van der Waals surface area contributed by atoms with Crippen LogP contribution in [-0.4, -0.2) is 47.8 Å². The third-order valence-electron chi connectivity index (χ3n) is 6.33. The molecule has 0 spiro atoms. The molecule has 1 N–H and O–H groups in total. The number of likely N-dealkylation sites (N-methyl/N-ethyl adjacent to an activating group) is 1. The maximum absolute atomic E-state index is 10.6. The summed E-state index contributed by atoms with van der Waals surface area (Å²) < 4.78 is 6.21. The van der Waals surface area contributed by atoms with E-state index in [2.05, 4.69) is 58.5 Å². The Labute approximate surface area is 208 Å². The summed E-state index contributed by atoms with van der Waals surface area (Å²) >= 11 is 1.71. The Morgan fingerprint density at radius 2 is 1.56 bits per heavy atom. The molecule has 0 amide bonds. The second-order valence-corrected chi connectivity index (χ2v) is 10.1. The molecule has 0 bridgehead atoms. The molecule has 1 fully saturated rings. The fourth-order valence-corrected chi connectivity index (χ4v) is 4.94. The lowest BCUT2D eigenvalue weighted by Crippen LogP contribution is -2.29. The van der Waals surface area contributed by atoms with Crippen molar-refractivity contribution in [1.29, 1.82) is 0 Å². The fraction of sp³-hybridized carbons (Fsp3) is 0.379. The van der Waals surface area contributed by atoms with E-state index in [4.69, 9.17) is 4.74 Å². The summed E-state index contributed by atoms with van der Waals surface area (Å²) in [5.74, 6) is 1.72. The Hall–Kier alpha value is -2.31. The molecule has 1 heterocycles. The van der Waals surface area contributed by atoms with Crippen molar-refractivity contribution in [3.8, 4) is 11.5 Å². The van der Waals surface area contributed by atoms with Gasteiger partial charge >= 0.3 is 0 Å². The molecule has 4 nitrogen and oxygen atoms in total. The number of aliphatic hydroxyl groups is 1. The van der Waals surface area contributed by atoms with Gasteiger partial charge in [-0.25, -0.2) is 0 Å². The molecule has 34 heavy (non-hydrogen) atoms. The van der Waals surface area contributed by atoms with Gasteiger partial charge in [-0.05, 0) is 92.3 Å². The minimum absolute atomic E-state index is 0.511. The van der Waals surface area contributed by atoms with Crippen molar-refractivity contribution in [2.75, 3.05) is 32.9 Å². The number of nitrogens with zero attached hydrogens (tertiary/aromatic N) is 2. The molecule has 0 saturated carbocycles. The summed E-state index contributed by atoms with van der Waals surface area (Å²) in [4.78, 5) is 5.88. The van der Waals surface area contributed by atoms with E-state index in [-0.39, 0.29) is 0 Å². The molecule has 1 atom stereocenters. The highest BCUT2D eigenvalue weighted by molar-refractivity contribution is 7.98. The van der Waals surface area contributed by atoms with Gasteiger partial charge in [-0.1, -0.05) is 42.8 Å². The van der Waals surface area contributed by atoms with Crippen LogP contribution in [0.1, 0.15) is 42.1 Å². The number of hydrogen-bond acceptors (Lipinski definition) is 5. The van der Waals surface area contributed by atoms with Crippen LogP contribution in [-0.2, 0) is 13.1 Å². The van der Waals surface area contributed by atoms with Crippen molar-refractivity contribution in [3.63, 3.8) is 0 Å². The first-order chi connectivity index (χ1) is 16.6. The average Bonchev–Trinajstić information content (AvgIpc) is 2.85. The first kappa shape index (κ1) is 24.8. The van der Waals surface area contributed by atoms with Gasteiger partial charge in [0, 0.05) is 24.5 Å². The third kappa shape index (κ3) is 7.34. The van der Waals surface area contributed by atoms with Crippen LogP contribution in [0.3, 0.4) is 0 Å². The maximum atomic E-state index is 10.6. The van der Waals surface area contributed by atoms with E-state index in [1.807, 2.05) is 37.4 Å². The van der Waals surface area contributed by atoms with Gasteiger partial charge in [-0.3, -0.25) is 9.80 Å². The van der Waals surface area contributed by atoms with Gasteiger partial charge in [0.15, 0.2) is 0 Å². The first-order valence-corrected chi connectivity index (χ1v) is 13.4. The van der Waals surface area contributed by atoms with Crippen LogP contribution < -0.4 is 4.74 Å². The molecule has 0 radical (unpaired) electrons. The van der Waals surface area contributed by atoms with Crippen LogP contribution in [0.4, 0.5) is 0 Å². The molecule has 3 aromatic carbocycles. The molecule has 5 heteroatoms. The van der Waals surface area contributed by atoms with Gasteiger partial charge in [0.2, 0.25) is 0 Å². The number of benzene rings is 3.